The van der Waals surface area contributed by atoms with Crippen LogP contribution in [0.25, 0.3) is 0 Å². The molecule has 0 unspecified atom stereocenters. The number of esters is 2. The van der Waals surface area contributed by atoms with Crippen molar-refractivity contribution in [2.24, 2.45) is 11.8 Å². The van der Waals surface area contributed by atoms with Gasteiger partial charge < -0.3 is 9.47 Å². The maximum absolute atomic E-state index is 11.7. The molecule has 0 saturated carbocycles. The molecule has 4 heteroatoms. The van der Waals surface area contributed by atoms with Gasteiger partial charge in [0.05, 0.1) is 13.2 Å². The molecule has 0 fully saturated rings. The average molecular weight is 226 g/mol. The van der Waals surface area contributed by atoms with Crippen LogP contribution in [-0.4, -0.2) is 25.2 Å². The van der Waals surface area contributed by atoms with Gasteiger partial charge >= 0.3 is 11.9 Å². The van der Waals surface area contributed by atoms with Crippen molar-refractivity contribution in [3.8, 4) is 0 Å². The van der Waals surface area contributed by atoms with Gasteiger partial charge in [-0.15, -0.1) is 0 Å². The summed E-state index contributed by atoms with van der Waals surface area (Å²) in [5.41, 5.74) is 0. The zero-order chi connectivity index (χ0) is 12.0. The van der Waals surface area contributed by atoms with Gasteiger partial charge in [0.2, 0.25) is 0 Å². The molecule has 0 aliphatic heterocycles. The second kappa shape index (κ2) is 6.30. The monoisotopic (exact) mass is 226 g/mol. The third-order valence-corrected chi connectivity index (χ3v) is 2.56. The second-order valence-electron chi connectivity index (χ2n) is 3.65. The van der Waals surface area contributed by atoms with E-state index in [0.29, 0.717) is 0 Å². The quantitative estimate of drug-likeness (QED) is 0.406. The molecule has 0 heterocycles. The first kappa shape index (κ1) is 12.7. The molecule has 0 aromatic rings. The summed E-state index contributed by atoms with van der Waals surface area (Å²) in [5, 5.41) is 0. The molecule has 90 valence electrons. The molecule has 1 atom stereocenters. The standard InChI is InChI=1S/C12H18O4/c1-3-15-11(13)10(12(14)16-4-2)9-7-5-6-8-9/h5,7,9-10H,3-4,6,8H2,1-2H3/t9-/m1/s1. The molecule has 0 N–H and O–H groups in total. The summed E-state index contributed by atoms with van der Waals surface area (Å²) in [6.07, 6.45) is 5.59. The molecule has 1 aliphatic carbocycles. The predicted octanol–water partition coefficient (Wildman–Crippen LogP) is 1.70. The number of rotatable bonds is 5. The second-order valence-corrected chi connectivity index (χ2v) is 3.65. The summed E-state index contributed by atoms with van der Waals surface area (Å²) >= 11 is 0. The SMILES string of the molecule is CCOC(=O)C(C(=O)OCC)[C@@H]1C=CCC1. The van der Waals surface area contributed by atoms with Gasteiger partial charge in [0, 0.05) is 5.92 Å². The first-order valence-corrected chi connectivity index (χ1v) is 5.70. The van der Waals surface area contributed by atoms with E-state index in [0.717, 1.165) is 12.8 Å². The van der Waals surface area contributed by atoms with Crippen molar-refractivity contribution in [2.75, 3.05) is 13.2 Å². The van der Waals surface area contributed by atoms with Crippen molar-refractivity contribution in [1.29, 1.82) is 0 Å². The van der Waals surface area contributed by atoms with Crippen molar-refractivity contribution in [1.82, 2.24) is 0 Å². The van der Waals surface area contributed by atoms with Crippen LogP contribution in [0.5, 0.6) is 0 Å². The minimum absolute atomic E-state index is 0.0712. The van der Waals surface area contributed by atoms with Crippen molar-refractivity contribution >= 4 is 11.9 Å². The molecule has 1 rings (SSSR count). The normalized spacial score (nSPS) is 18.8. The molecular weight excluding hydrogens is 208 g/mol. The number of allylic oxidation sites excluding steroid dienone is 2. The number of ether oxygens (including phenoxy) is 2. The van der Waals surface area contributed by atoms with E-state index >= 15 is 0 Å². The van der Waals surface area contributed by atoms with Crippen LogP contribution in [-0.2, 0) is 19.1 Å². The number of carbonyl (C=O) groups is 2. The summed E-state index contributed by atoms with van der Waals surface area (Å²) in [5.74, 6) is -1.81. The lowest BCUT2D eigenvalue weighted by Crippen LogP contribution is -2.33. The van der Waals surface area contributed by atoms with E-state index in [1.807, 2.05) is 12.2 Å². The van der Waals surface area contributed by atoms with Gasteiger partial charge in [0.15, 0.2) is 5.92 Å². The van der Waals surface area contributed by atoms with E-state index < -0.39 is 17.9 Å². The summed E-state index contributed by atoms with van der Waals surface area (Å²) in [4.78, 5) is 23.4. The van der Waals surface area contributed by atoms with Crippen molar-refractivity contribution in [3.63, 3.8) is 0 Å². The van der Waals surface area contributed by atoms with Crippen LogP contribution in [0.2, 0.25) is 0 Å². The van der Waals surface area contributed by atoms with Gasteiger partial charge in [-0.05, 0) is 26.7 Å². The maximum Gasteiger partial charge on any atom is 0.320 e. The number of hydrogen-bond acceptors (Lipinski definition) is 4. The molecule has 0 bridgehead atoms. The fraction of sp³-hybridized carbons (Fsp3) is 0.667. The van der Waals surface area contributed by atoms with Gasteiger partial charge in [0.25, 0.3) is 0 Å². The highest BCUT2D eigenvalue weighted by Gasteiger charge is 2.36. The summed E-state index contributed by atoms with van der Waals surface area (Å²) < 4.78 is 9.82. The van der Waals surface area contributed by atoms with Crippen LogP contribution in [0, 0.1) is 11.8 Å². The average Bonchev–Trinajstić information content (AvgIpc) is 2.72. The minimum atomic E-state index is -0.793. The van der Waals surface area contributed by atoms with E-state index in [2.05, 4.69) is 0 Å². The van der Waals surface area contributed by atoms with E-state index in [4.69, 9.17) is 9.47 Å². The molecular formula is C12H18O4. The Labute approximate surface area is 95.6 Å². The van der Waals surface area contributed by atoms with E-state index in [1.54, 1.807) is 13.8 Å². The van der Waals surface area contributed by atoms with Gasteiger partial charge in [-0.25, -0.2) is 0 Å². The van der Waals surface area contributed by atoms with E-state index in [1.165, 1.54) is 0 Å². The first-order chi connectivity index (χ1) is 7.70. The Balaban J connectivity index is 2.71. The Kier molecular flexibility index (Phi) is 5.02. The van der Waals surface area contributed by atoms with Crippen LogP contribution in [0.15, 0.2) is 12.2 Å². The van der Waals surface area contributed by atoms with Crippen LogP contribution < -0.4 is 0 Å². The number of hydrogen-bond donors (Lipinski definition) is 0. The molecule has 16 heavy (non-hydrogen) atoms. The molecule has 0 radical (unpaired) electrons. The molecule has 0 amide bonds. The topological polar surface area (TPSA) is 52.6 Å². The fourth-order valence-corrected chi connectivity index (χ4v) is 1.84. The summed E-state index contributed by atoms with van der Waals surface area (Å²) in [7, 11) is 0. The first-order valence-electron chi connectivity index (χ1n) is 5.70. The van der Waals surface area contributed by atoms with Crippen LogP contribution in [0.3, 0.4) is 0 Å². The molecule has 0 aromatic carbocycles. The van der Waals surface area contributed by atoms with Gasteiger partial charge in [-0.2, -0.15) is 0 Å². The molecule has 1 aliphatic rings. The lowest BCUT2D eigenvalue weighted by molar-refractivity contribution is -0.163. The lowest BCUT2D eigenvalue weighted by Gasteiger charge is -2.18. The minimum Gasteiger partial charge on any atom is -0.465 e. The Morgan fingerprint density at radius 1 is 1.25 bits per heavy atom. The zero-order valence-corrected chi connectivity index (χ0v) is 9.77. The maximum atomic E-state index is 11.7. The molecule has 0 saturated heterocycles. The molecule has 0 spiro atoms. The van der Waals surface area contributed by atoms with Crippen molar-refractivity contribution in [3.05, 3.63) is 12.2 Å². The van der Waals surface area contributed by atoms with Gasteiger partial charge in [0.1, 0.15) is 0 Å². The third-order valence-electron chi connectivity index (χ3n) is 2.56. The highest BCUT2D eigenvalue weighted by atomic mass is 16.6. The predicted molar refractivity (Wildman–Crippen MR) is 58.6 cm³/mol. The van der Waals surface area contributed by atoms with Crippen LogP contribution in [0.1, 0.15) is 26.7 Å². The fourth-order valence-electron chi connectivity index (χ4n) is 1.84. The highest BCUT2D eigenvalue weighted by Crippen LogP contribution is 2.27. The van der Waals surface area contributed by atoms with Gasteiger partial charge in [-0.1, -0.05) is 12.2 Å². The lowest BCUT2D eigenvalue weighted by atomic mass is 9.92. The van der Waals surface area contributed by atoms with Crippen molar-refractivity contribution < 1.29 is 19.1 Å². The van der Waals surface area contributed by atoms with E-state index in [-0.39, 0.29) is 19.1 Å². The van der Waals surface area contributed by atoms with Crippen molar-refractivity contribution in [2.45, 2.75) is 26.7 Å². The third kappa shape index (κ3) is 3.08. The van der Waals surface area contributed by atoms with Crippen LogP contribution >= 0.6 is 0 Å². The zero-order valence-electron chi connectivity index (χ0n) is 9.77. The van der Waals surface area contributed by atoms with Gasteiger partial charge in [-0.3, -0.25) is 9.59 Å². The molecule has 4 nitrogen and oxygen atoms in total. The molecule has 0 aromatic heterocycles. The smallest absolute Gasteiger partial charge is 0.320 e. The Bertz CT molecular complexity index is 265. The van der Waals surface area contributed by atoms with Crippen LogP contribution in [0.4, 0.5) is 0 Å². The largest absolute Gasteiger partial charge is 0.465 e. The number of carbonyl (C=O) groups excluding carboxylic acids is 2. The summed E-state index contributed by atoms with van der Waals surface area (Å²) in [6.45, 7) is 4.02. The highest BCUT2D eigenvalue weighted by molar-refractivity contribution is 5.95. The Morgan fingerprint density at radius 3 is 2.19 bits per heavy atom. The van der Waals surface area contributed by atoms with E-state index in [9.17, 15) is 9.59 Å². The Morgan fingerprint density at radius 2 is 1.81 bits per heavy atom. The Hall–Kier alpha value is -1.32. The summed E-state index contributed by atoms with van der Waals surface area (Å²) in [6, 6.07) is 0.